The Kier molecular flexibility index (Phi) is 2.43. The zero-order chi connectivity index (χ0) is 11.8. The Morgan fingerprint density at radius 1 is 1.00 bits per heavy atom. The number of ketones is 2. The van der Waals surface area contributed by atoms with E-state index in [-0.39, 0.29) is 29.3 Å². The summed E-state index contributed by atoms with van der Waals surface area (Å²) in [6.07, 6.45) is 4.59. The molecule has 17 heavy (non-hydrogen) atoms. The SMILES string of the molecule is O=C1C[C@@H](c2ccccc2)[C@@H]2C[C@H]1C=CC2=O. The topological polar surface area (TPSA) is 34.1 Å². The van der Waals surface area contributed by atoms with Gasteiger partial charge in [0.05, 0.1) is 0 Å². The highest BCUT2D eigenvalue weighted by molar-refractivity contribution is 5.98. The zero-order valence-corrected chi connectivity index (χ0v) is 9.50. The van der Waals surface area contributed by atoms with Gasteiger partial charge in [-0.2, -0.15) is 0 Å². The predicted molar refractivity (Wildman–Crippen MR) is 64.6 cm³/mol. The predicted octanol–water partition coefficient (Wildman–Crippen LogP) is 2.50. The number of benzene rings is 1. The van der Waals surface area contributed by atoms with Crippen LogP contribution in [0.25, 0.3) is 0 Å². The molecule has 0 heterocycles. The first-order valence-electron chi connectivity index (χ1n) is 6.05. The van der Waals surface area contributed by atoms with Gasteiger partial charge in [0, 0.05) is 24.2 Å². The van der Waals surface area contributed by atoms with Gasteiger partial charge >= 0.3 is 0 Å². The minimum absolute atomic E-state index is 0.00472. The molecule has 0 unspecified atom stereocenters. The molecule has 2 aliphatic rings. The second-order valence-corrected chi connectivity index (χ2v) is 4.90. The summed E-state index contributed by atoms with van der Waals surface area (Å²) in [5.41, 5.74) is 1.12. The average Bonchev–Trinajstić information content (AvgIpc) is 2.37. The number of fused-ring (bicyclic) bond motifs is 2. The number of hydrogen-bond donors (Lipinski definition) is 0. The summed E-state index contributed by atoms with van der Waals surface area (Å²) in [4.78, 5) is 23.8. The Morgan fingerprint density at radius 3 is 2.53 bits per heavy atom. The van der Waals surface area contributed by atoms with E-state index < -0.39 is 0 Å². The molecule has 0 aromatic heterocycles. The van der Waals surface area contributed by atoms with Gasteiger partial charge in [0.1, 0.15) is 5.78 Å². The van der Waals surface area contributed by atoms with E-state index in [2.05, 4.69) is 0 Å². The van der Waals surface area contributed by atoms with Crippen molar-refractivity contribution in [3.05, 3.63) is 48.0 Å². The summed E-state index contributed by atoms with van der Waals surface area (Å²) in [7, 11) is 0. The van der Waals surface area contributed by atoms with Crippen LogP contribution in [0.15, 0.2) is 42.5 Å². The molecule has 1 fully saturated rings. The summed E-state index contributed by atoms with van der Waals surface area (Å²) in [5, 5.41) is 0. The van der Waals surface area contributed by atoms with Crippen LogP contribution in [0, 0.1) is 11.8 Å². The fourth-order valence-electron chi connectivity index (χ4n) is 2.96. The lowest BCUT2D eigenvalue weighted by Crippen LogP contribution is -2.36. The first kappa shape index (κ1) is 10.5. The normalized spacial score (nSPS) is 31.6. The lowest BCUT2D eigenvalue weighted by Gasteiger charge is -2.35. The summed E-state index contributed by atoms with van der Waals surface area (Å²) >= 11 is 0. The zero-order valence-electron chi connectivity index (χ0n) is 9.50. The third-order valence-electron chi connectivity index (χ3n) is 3.91. The van der Waals surface area contributed by atoms with E-state index >= 15 is 0 Å². The number of rotatable bonds is 1. The van der Waals surface area contributed by atoms with Crippen LogP contribution in [0.1, 0.15) is 24.3 Å². The van der Waals surface area contributed by atoms with Gasteiger partial charge in [-0.05, 0) is 18.1 Å². The molecule has 1 saturated carbocycles. The van der Waals surface area contributed by atoms with Crippen molar-refractivity contribution in [2.45, 2.75) is 18.8 Å². The maximum Gasteiger partial charge on any atom is 0.159 e. The first-order valence-corrected chi connectivity index (χ1v) is 6.05. The monoisotopic (exact) mass is 226 g/mol. The molecule has 0 amide bonds. The minimum Gasteiger partial charge on any atom is -0.299 e. The minimum atomic E-state index is -0.0161. The number of hydrogen-bond acceptors (Lipinski definition) is 2. The molecular formula is C15H14O2. The molecule has 0 aliphatic heterocycles. The highest BCUT2D eigenvalue weighted by Gasteiger charge is 2.40. The summed E-state index contributed by atoms with van der Waals surface area (Å²) < 4.78 is 0. The van der Waals surface area contributed by atoms with Crippen LogP contribution >= 0.6 is 0 Å². The lowest BCUT2D eigenvalue weighted by atomic mass is 9.66. The van der Waals surface area contributed by atoms with E-state index in [0.29, 0.717) is 12.8 Å². The second kappa shape index (κ2) is 3.95. The fourth-order valence-corrected chi connectivity index (χ4v) is 2.96. The van der Waals surface area contributed by atoms with Crippen molar-refractivity contribution in [1.29, 1.82) is 0 Å². The third kappa shape index (κ3) is 1.74. The van der Waals surface area contributed by atoms with E-state index in [1.165, 1.54) is 0 Å². The van der Waals surface area contributed by atoms with Crippen LogP contribution in [0.4, 0.5) is 0 Å². The van der Waals surface area contributed by atoms with Gasteiger partial charge in [0.2, 0.25) is 0 Å². The maximum absolute atomic E-state index is 11.9. The Labute approximate surface area is 100 Å². The molecule has 2 aliphatic carbocycles. The van der Waals surface area contributed by atoms with Crippen LogP contribution in [0.3, 0.4) is 0 Å². The van der Waals surface area contributed by atoms with Crippen molar-refractivity contribution in [3.63, 3.8) is 0 Å². The summed E-state index contributed by atoms with van der Waals surface area (Å²) in [6.45, 7) is 0. The molecule has 0 N–H and O–H groups in total. The van der Waals surface area contributed by atoms with Gasteiger partial charge < -0.3 is 0 Å². The Hall–Kier alpha value is -1.70. The molecule has 0 radical (unpaired) electrons. The fraction of sp³-hybridized carbons (Fsp3) is 0.333. The number of allylic oxidation sites excluding steroid dienone is 2. The average molecular weight is 226 g/mol. The number of carbonyl (C=O) groups excluding carboxylic acids is 2. The van der Waals surface area contributed by atoms with Crippen LogP contribution < -0.4 is 0 Å². The molecule has 0 spiro atoms. The quantitative estimate of drug-likeness (QED) is 0.737. The van der Waals surface area contributed by atoms with Crippen molar-refractivity contribution in [1.82, 2.24) is 0 Å². The Morgan fingerprint density at radius 2 is 1.76 bits per heavy atom. The smallest absolute Gasteiger partial charge is 0.159 e. The number of Topliss-reactive ketones (excluding diaryl/α,β-unsaturated/α-hetero) is 1. The summed E-state index contributed by atoms with van der Waals surface area (Å²) in [6, 6.07) is 9.93. The van der Waals surface area contributed by atoms with Crippen LogP contribution in [0.5, 0.6) is 0 Å². The lowest BCUT2D eigenvalue weighted by molar-refractivity contribution is -0.129. The molecule has 2 heteroatoms. The van der Waals surface area contributed by atoms with Crippen LogP contribution in [-0.2, 0) is 9.59 Å². The van der Waals surface area contributed by atoms with E-state index in [1.54, 1.807) is 12.2 Å². The Bertz CT molecular complexity index is 487. The van der Waals surface area contributed by atoms with Crippen LogP contribution in [0.2, 0.25) is 0 Å². The van der Waals surface area contributed by atoms with Gasteiger partial charge in [-0.1, -0.05) is 36.4 Å². The van der Waals surface area contributed by atoms with Gasteiger partial charge in [0.25, 0.3) is 0 Å². The van der Waals surface area contributed by atoms with Gasteiger partial charge in [-0.15, -0.1) is 0 Å². The highest BCUT2D eigenvalue weighted by atomic mass is 16.1. The molecular weight excluding hydrogens is 212 g/mol. The number of carbonyl (C=O) groups is 2. The van der Waals surface area contributed by atoms with Gasteiger partial charge in [-0.25, -0.2) is 0 Å². The molecule has 3 atom stereocenters. The van der Waals surface area contributed by atoms with E-state index in [1.807, 2.05) is 30.3 Å². The second-order valence-electron chi connectivity index (χ2n) is 4.90. The van der Waals surface area contributed by atoms with Crippen molar-refractivity contribution >= 4 is 11.6 Å². The molecule has 1 aromatic carbocycles. The maximum atomic E-state index is 11.9. The largest absolute Gasteiger partial charge is 0.299 e. The highest BCUT2D eigenvalue weighted by Crippen LogP contribution is 2.41. The molecule has 2 nitrogen and oxygen atoms in total. The summed E-state index contributed by atoms with van der Waals surface area (Å²) in [5.74, 6) is 0.529. The first-order chi connectivity index (χ1) is 8.25. The van der Waals surface area contributed by atoms with Crippen molar-refractivity contribution < 1.29 is 9.59 Å². The Balaban J connectivity index is 1.98. The molecule has 86 valence electrons. The van der Waals surface area contributed by atoms with Crippen molar-refractivity contribution in [2.75, 3.05) is 0 Å². The van der Waals surface area contributed by atoms with E-state index in [4.69, 9.17) is 0 Å². The molecule has 0 saturated heterocycles. The van der Waals surface area contributed by atoms with E-state index in [9.17, 15) is 9.59 Å². The van der Waals surface area contributed by atoms with E-state index in [0.717, 1.165) is 5.56 Å². The van der Waals surface area contributed by atoms with Crippen LogP contribution in [-0.4, -0.2) is 11.6 Å². The molecule has 3 rings (SSSR count). The standard InChI is InChI=1S/C15H14O2/c16-14-7-6-11-8-13(14)12(9-15(11)17)10-4-2-1-3-5-10/h1-7,11-13H,8-9H2/t11-,12+,13+/m1/s1. The van der Waals surface area contributed by atoms with Crippen molar-refractivity contribution in [3.8, 4) is 0 Å². The van der Waals surface area contributed by atoms with Gasteiger partial charge in [0.15, 0.2) is 5.78 Å². The van der Waals surface area contributed by atoms with Gasteiger partial charge in [-0.3, -0.25) is 9.59 Å². The third-order valence-corrected chi connectivity index (χ3v) is 3.91. The molecule has 2 bridgehead atoms. The van der Waals surface area contributed by atoms with Crippen molar-refractivity contribution in [2.24, 2.45) is 11.8 Å². The molecule has 1 aromatic rings.